The molecular weight excluding hydrogens is 739 g/mol. The Morgan fingerprint density at radius 3 is 2.27 bits per heavy atom. The van der Waals surface area contributed by atoms with Crippen LogP contribution >= 0.6 is 0 Å². The van der Waals surface area contributed by atoms with Gasteiger partial charge in [0.05, 0.1) is 23.2 Å². The van der Waals surface area contributed by atoms with Gasteiger partial charge in [0.15, 0.2) is 5.82 Å². The van der Waals surface area contributed by atoms with Gasteiger partial charge in [0, 0.05) is 42.7 Å². The molecule has 11 nitrogen and oxygen atoms in total. The van der Waals surface area contributed by atoms with Gasteiger partial charge in [0.2, 0.25) is 0 Å². The largest absolute Gasteiger partial charge is 0.461 e. The summed E-state index contributed by atoms with van der Waals surface area (Å²) in [6.07, 6.45) is -3.88. The lowest BCUT2D eigenvalue weighted by atomic mass is 9.94. The molecule has 304 valence electrons. The smallest absolute Gasteiger partial charge is 0.416 e. The highest BCUT2D eigenvalue weighted by atomic mass is 19.4. The quantitative estimate of drug-likeness (QED) is 0.246. The molecule has 4 fully saturated rings. The summed E-state index contributed by atoms with van der Waals surface area (Å²) in [7, 11) is 0. The summed E-state index contributed by atoms with van der Waals surface area (Å²) in [6, 6.07) is 4.43. The summed E-state index contributed by atoms with van der Waals surface area (Å²) >= 11 is 0. The molecule has 0 saturated carbocycles. The van der Waals surface area contributed by atoms with E-state index < -0.39 is 52.7 Å². The van der Waals surface area contributed by atoms with E-state index in [1.54, 1.807) is 31.7 Å². The van der Waals surface area contributed by atoms with Gasteiger partial charge in [0.1, 0.15) is 35.3 Å². The normalized spacial score (nSPS) is 24.1. The van der Waals surface area contributed by atoms with Gasteiger partial charge >= 0.3 is 24.4 Å². The summed E-state index contributed by atoms with van der Waals surface area (Å²) in [5.41, 5.74) is -4.19. The SMILES string of the molecule is Cc1c(-c2ccc3c(N4C[C@H]5CC[C@@H](C4)N5C(=O)OC(C)(C)C)nc(OC[C@@]45CCCN4C[C@H](F)C5)nc3c2F)cc(NC(=O)OC(C)(C)C)cc1C(F)(F)F. The third-order valence-electron chi connectivity index (χ3n) is 11.0. The van der Waals surface area contributed by atoms with Crippen molar-refractivity contribution in [3.8, 4) is 17.1 Å². The fraction of sp³-hybridized carbons (Fsp3) is 0.600. The van der Waals surface area contributed by atoms with Gasteiger partial charge in [-0.3, -0.25) is 15.1 Å². The second-order valence-electron chi connectivity index (χ2n) is 17.5. The van der Waals surface area contributed by atoms with Crippen LogP contribution < -0.4 is 15.0 Å². The summed E-state index contributed by atoms with van der Waals surface area (Å²) in [5, 5.41) is 2.66. The van der Waals surface area contributed by atoms with Crippen LogP contribution in [0.3, 0.4) is 0 Å². The number of alkyl halides is 4. The number of carbonyl (C=O) groups is 2. The van der Waals surface area contributed by atoms with Crippen molar-refractivity contribution in [2.24, 2.45) is 0 Å². The molecule has 0 radical (unpaired) electrons. The molecule has 0 spiro atoms. The van der Waals surface area contributed by atoms with Crippen LogP contribution in [0.1, 0.15) is 84.8 Å². The minimum atomic E-state index is -4.83. The number of ether oxygens (including phenoxy) is 3. The lowest BCUT2D eigenvalue weighted by Crippen LogP contribution is -2.57. The molecule has 2 bridgehead atoms. The Morgan fingerprint density at radius 1 is 0.946 bits per heavy atom. The van der Waals surface area contributed by atoms with Gasteiger partial charge in [0.25, 0.3) is 0 Å². The molecule has 7 rings (SSSR count). The number of aromatic nitrogens is 2. The fourth-order valence-electron chi connectivity index (χ4n) is 8.76. The van der Waals surface area contributed by atoms with E-state index >= 15 is 4.39 Å². The van der Waals surface area contributed by atoms with Crippen molar-refractivity contribution >= 4 is 34.6 Å². The molecular formula is C40H49F5N6O5. The lowest BCUT2D eigenvalue weighted by Gasteiger charge is -2.42. The van der Waals surface area contributed by atoms with Crippen molar-refractivity contribution in [2.75, 3.05) is 43.0 Å². The average Bonchev–Trinajstić information content (AvgIpc) is 3.69. The molecule has 16 heteroatoms. The predicted molar refractivity (Wildman–Crippen MR) is 200 cm³/mol. The van der Waals surface area contributed by atoms with Gasteiger partial charge in [-0.05, 0) is 110 Å². The van der Waals surface area contributed by atoms with E-state index in [9.17, 15) is 27.2 Å². The fourth-order valence-corrected chi connectivity index (χ4v) is 8.76. The van der Waals surface area contributed by atoms with Gasteiger partial charge < -0.3 is 19.1 Å². The van der Waals surface area contributed by atoms with E-state index in [0.717, 1.165) is 38.3 Å². The molecule has 1 N–H and O–H groups in total. The van der Waals surface area contributed by atoms with Crippen LogP contribution in [-0.2, 0) is 15.7 Å². The Hall–Kier alpha value is -4.47. The molecule has 1 aromatic heterocycles. The second-order valence-corrected chi connectivity index (χ2v) is 17.5. The van der Waals surface area contributed by atoms with Crippen LogP contribution in [0.4, 0.5) is 43.0 Å². The minimum absolute atomic E-state index is 0.0732. The topological polar surface area (TPSA) is 109 Å². The zero-order valence-corrected chi connectivity index (χ0v) is 32.8. The number of nitrogens with one attached hydrogen (secondary N) is 1. The maximum absolute atomic E-state index is 17.1. The van der Waals surface area contributed by atoms with E-state index in [2.05, 4.69) is 15.2 Å². The van der Waals surface area contributed by atoms with Crippen molar-refractivity contribution in [3.63, 3.8) is 0 Å². The predicted octanol–water partition coefficient (Wildman–Crippen LogP) is 8.65. The third-order valence-corrected chi connectivity index (χ3v) is 11.0. The van der Waals surface area contributed by atoms with E-state index in [0.29, 0.717) is 30.8 Å². The number of fused-ring (bicyclic) bond motifs is 4. The first-order valence-electron chi connectivity index (χ1n) is 19.1. The zero-order chi connectivity index (χ0) is 40.5. The van der Waals surface area contributed by atoms with E-state index in [1.807, 2.05) is 25.7 Å². The van der Waals surface area contributed by atoms with E-state index in [1.165, 1.54) is 19.1 Å². The average molecular weight is 789 g/mol. The maximum atomic E-state index is 17.1. The molecule has 4 aliphatic rings. The number of carbonyl (C=O) groups excluding carboxylic acids is 2. The molecule has 4 aliphatic heterocycles. The first kappa shape index (κ1) is 39.8. The van der Waals surface area contributed by atoms with Gasteiger partial charge in [-0.2, -0.15) is 23.1 Å². The number of rotatable bonds is 6. The van der Waals surface area contributed by atoms with Crippen LogP contribution in [0.5, 0.6) is 6.01 Å². The molecule has 56 heavy (non-hydrogen) atoms. The van der Waals surface area contributed by atoms with Crippen molar-refractivity contribution < 1.29 is 45.8 Å². The van der Waals surface area contributed by atoms with Crippen LogP contribution in [0.25, 0.3) is 22.0 Å². The van der Waals surface area contributed by atoms with E-state index in [4.69, 9.17) is 19.2 Å². The number of hydrogen-bond donors (Lipinski definition) is 1. The number of hydrogen-bond acceptors (Lipinski definition) is 9. The number of halogens is 5. The first-order chi connectivity index (χ1) is 26.1. The number of anilines is 2. The molecule has 4 saturated heterocycles. The molecule has 0 aliphatic carbocycles. The molecule has 4 atom stereocenters. The molecule has 0 unspecified atom stereocenters. The second kappa shape index (κ2) is 14.2. The van der Waals surface area contributed by atoms with Gasteiger partial charge in [-0.15, -0.1) is 0 Å². The summed E-state index contributed by atoms with van der Waals surface area (Å²) in [6.45, 7) is 13.4. The zero-order valence-electron chi connectivity index (χ0n) is 32.8. The highest BCUT2D eigenvalue weighted by molar-refractivity contribution is 5.95. The third kappa shape index (κ3) is 7.90. The molecule has 5 heterocycles. The number of amides is 2. The number of benzene rings is 2. The Kier molecular flexibility index (Phi) is 10.1. The van der Waals surface area contributed by atoms with Crippen LogP contribution in [0.15, 0.2) is 24.3 Å². The summed E-state index contributed by atoms with van der Waals surface area (Å²) in [5.74, 6) is -0.567. The maximum Gasteiger partial charge on any atom is 0.416 e. The van der Waals surface area contributed by atoms with E-state index in [-0.39, 0.29) is 59.0 Å². The van der Waals surface area contributed by atoms with Crippen molar-refractivity contribution in [2.45, 2.75) is 122 Å². The lowest BCUT2D eigenvalue weighted by molar-refractivity contribution is -0.138. The standard InChI is InChI=1S/C40H49F5N6O5/c1-22-29(15-24(16-30(22)40(43,44)45)46-35(52)55-37(2,3)4)27-11-12-28-32(31(27)42)47-34(54-21-39-13-8-14-50(39)18-23(41)17-39)48-33(28)49-19-25-9-10-26(20-49)51(25)36(53)56-38(5,6)7/h11-12,15-16,23,25-26H,8-10,13-14,17-21H2,1-7H3,(H,46,52)/t23-,25-,26+,39+/m1/s1. The minimum Gasteiger partial charge on any atom is -0.461 e. The van der Waals surface area contributed by atoms with Crippen molar-refractivity contribution in [3.05, 3.63) is 41.2 Å². The monoisotopic (exact) mass is 788 g/mol. The van der Waals surface area contributed by atoms with Gasteiger partial charge in [-0.1, -0.05) is 6.07 Å². The van der Waals surface area contributed by atoms with Crippen molar-refractivity contribution in [1.29, 1.82) is 0 Å². The number of nitrogens with zero attached hydrogens (tertiary/aromatic N) is 5. The highest BCUT2D eigenvalue weighted by Gasteiger charge is 2.50. The van der Waals surface area contributed by atoms with Crippen LogP contribution in [0.2, 0.25) is 0 Å². The first-order valence-corrected chi connectivity index (χ1v) is 19.1. The molecule has 2 aromatic carbocycles. The Labute approximate surface area is 322 Å². The summed E-state index contributed by atoms with van der Waals surface area (Å²) < 4.78 is 92.2. The van der Waals surface area contributed by atoms with Crippen LogP contribution in [0, 0.1) is 12.7 Å². The highest BCUT2D eigenvalue weighted by Crippen LogP contribution is 2.44. The van der Waals surface area contributed by atoms with Crippen molar-refractivity contribution in [1.82, 2.24) is 19.8 Å². The molecule has 3 aromatic rings. The molecule has 2 amide bonds. The Morgan fingerprint density at radius 2 is 1.62 bits per heavy atom. The Bertz CT molecular complexity index is 2020. The summed E-state index contributed by atoms with van der Waals surface area (Å²) in [4.78, 5) is 41.0. The van der Waals surface area contributed by atoms with Gasteiger partial charge in [-0.25, -0.2) is 18.4 Å². The van der Waals surface area contributed by atoms with Crippen LogP contribution in [-0.4, -0.2) is 99.7 Å². The number of piperazine rings is 1. The Balaban J connectivity index is 1.30.